The minimum absolute atomic E-state index is 0. The number of fused-ring (bicyclic) bond motifs is 2. The molecule has 1 aromatic rings. The van der Waals surface area contributed by atoms with Gasteiger partial charge in [-0.25, -0.2) is 4.99 Å². The molecule has 3 aliphatic rings. The Hall–Kier alpha value is -0.760. The maximum atomic E-state index is 5.99. The lowest BCUT2D eigenvalue weighted by Crippen LogP contribution is -2.72. The van der Waals surface area contributed by atoms with Gasteiger partial charge in [-0.2, -0.15) is 0 Å². The smallest absolute Gasteiger partial charge is 0.191 e. The summed E-state index contributed by atoms with van der Waals surface area (Å²) in [5, 5.41) is 7.06. The number of ether oxygens (including phenoxy) is 1. The van der Waals surface area contributed by atoms with Crippen molar-refractivity contribution in [3.63, 3.8) is 0 Å². The molecule has 1 saturated heterocycles. The number of furan rings is 1. The van der Waals surface area contributed by atoms with Gasteiger partial charge in [-0.05, 0) is 38.3 Å². The second kappa shape index (κ2) is 7.01. The van der Waals surface area contributed by atoms with E-state index >= 15 is 0 Å². The fourth-order valence-electron chi connectivity index (χ4n) is 4.48. The second-order valence-corrected chi connectivity index (χ2v) is 6.73. The van der Waals surface area contributed by atoms with Crippen LogP contribution in [0.3, 0.4) is 0 Å². The summed E-state index contributed by atoms with van der Waals surface area (Å²) < 4.78 is 11.4. The molecule has 1 aliphatic heterocycles. The van der Waals surface area contributed by atoms with Crippen LogP contribution >= 0.6 is 24.0 Å². The van der Waals surface area contributed by atoms with Gasteiger partial charge in [-0.15, -0.1) is 24.0 Å². The third kappa shape index (κ3) is 2.88. The molecule has 6 heteroatoms. The molecular formula is C17H26IN3O2. The summed E-state index contributed by atoms with van der Waals surface area (Å²) in [6, 6.07) is 4.38. The number of guanidine groups is 1. The predicted molar refractivity (Wildman–Crippen MR) is 100.0 cm³/mol. The van der Waals surface area contributed by atoms with E-state index in [0.717, 1.165) is 24.9 Å². The summed E-state index contributed by atoms with van der Waals surface area (Å²) in [6.07, 6.45) is 7.30. The Kier molecular flexibility index (Phi) is 5.20. The summed E-state index contributed by atoms with van der Waals surface area (Å²) in [6.45, 7) is 4.47. The van der Waals surface area contributed by atoms with Crippen LogP contribution in [-0.4, -0.2) is 31.3 Å². The molecule has 3 unspecified atom stereocenters. The van der Waals surface area contributed by atoms with Gasteiger partial charge in [0.25, 0.3) is 0 Å². The lowest BCUT2D eigenvalue weighted by Gasteiger charge is -2.63. The van der Waals surface area contributed by atoms with E-state index in [0.29, 0.717) is 30.0 Å². The first kappa shape index (κ1) is 17.1. The first-order valence-electron chi connectivity index (χ1n) is 8.52. The van der Waals surface area contributed by atoms with E-state index in [-0.39, 0.29) is 24.0 Å². The Morgan fingerprint density at radius 3 is 2.96 bits per heavy atom. The van der Waals surface area contributed by atoms with Crippen LogP contribution in [0, 0.1) is 11.3 Å². The third-order valence-corrected chi connectivity index (χ3v) is 5.65. The normalized spacial score (nSPS) is 30.8. The Balaban J connectivity index is 0.00000156. The molecule has 1 spiro atoms. The molecule has 2 N–H and O–H groups in total. The highest BCUT2D eigenvalue weighted by atomic mass is 127. The summed E-state index contributed by atoms with van der Waals surface area (Å²) in [7, 11) is 0. The zero-order valence-electron chi connectivity index (χ0n) is 13.6. The van der Waals surface area contributed by atoms with Gasteiger partial charge in [-0.3, -0.25) is 0 Å². The predicted octanol–water partition coefficient (Wildman–Crippen LogP) is 2.91. The van der Waals surface area contributed by atoms with Crippen molar-refractivity contribution in [1.82, 2.24) is 10.6 Å². The first-order chi connectivity index (χ1) is 10.8. The van der Waals surface area contributed by atoms with Crippen molar-refractivity contribution in [2.45, 2.75) is 51.3 Å². The van der Waals surface area contributed by atoms with Crippen LogP contribution in [-0.2, 0) is 11.3 Å². The van der Waals surface area contributed by atoms with E-state index < -0.39 is 0 Å². The van der Waals surface area contributed by atoms with Gasteiger partial charge < -0.3 is 19.8 Å². The highest BCUT2D eigenvalue weighted by molar-refractivity contribution is 14.0. The molecule has 23 heavy (non-hydrogen) atoms. The lowest BCUT2D eigenvalue weighted by molar-refractivity contribution is -0.171. The number of hydrogen-bond donors (Lipinski definition) is 2. The Morgan fingerprint density at radius 1 is 1.43 bits per heavy atom. The molecule has 3 atom stereocenters. The molecule has 0 amide bonds. The first-order valence-corrected chi connectivity index (χ1v) is 8.52. The molecule has 2 aliphatic carbocycles. The number of rotatable bonds is 4. The number of hydrogen-bond acceptors (Lipinski definition) is 3. The van der Waals surface area contributed by atoms with E-state index in [4.69, 9.17) is 9.15 Å². The molecule has 0 bridgehead atoms. The molecule has 5 nitrogen and oxygen atoms in total. The Bertz CT molecular complexity index is 542. The topological polar surface area (TPSA) is 58.8 Å². The maximum absolute atomic E-state index is 5.99. The monoisotopic (exact) mass is 431 g/mol. The molecule has 0 aromatic carbocycles. The minimum Gasteiger partial charge on any atom is -0.467 e. The van der Waals surface area contributed by atoms with Crippen LogP contribution in [0.15, 0.2) is 27.8 Å². The van der Waals surface area contributed by atoms with E-state index in [2.05, 4.69) is 22.5 Å². The fourth-order valence-corrected chi connectivity index (χ4v) is 4.48. The largest absolute Gasteiger partial charge is 0.467 e. The van der Waals surface area contributed by atoms with Gasteiger partial charge in [0.1, 0.15) is 12.3 Å². The van der Waals surface area contributed by atoms with Gasteiger partial charge in [0.2, 0.25) is 0 Å². The molecular weight excluding hydrogens is 405 g/mol. The molecule has 4 rings (SSSR count). The molecule has 1 aromatic heterocycles. The van der Waals surface area contributed by atoms with Crippen molar-refractivity contribution in [2.75, 3.05) is 13.2 Å². The van der Waals surface area contributed by atoms with Crippen LogP contribution in [0.1, 0.15) is 38.4 Å². The van der Waals surface area contributed by atoms with Crippen molar-refractivity contribution in [1.29, 1.82) is 0 Å². The molecule has 2 saturated carbocycles. The zero-order chi connectivity index (χ0) is 15.0. The number of halogens is 1. The standard InChI is InChI=1S/C17H25N3O2.HI/c1-2-18-16(19-11-12-5-3-9-21-12)20-14-13-6-10-22-15(13)17(14)7-4-8-17;/h3,5,9,13-15H,2,4,6-8,10-11H2,1H3,(H2,18,19,20);1H. The average molecular weight is 431 g/mol. The van der Waals surface area contributed by atoms with Crippen molar-refractivity contribution in [3.05, 3.63) is 24.2 Å². The van der Waals surface area contributed by atoms with E-state index in [1.54, 1.807) is 6.26 Å². The van der Waals surface area contributed by atoms with Crippen molar-refractivity contribution in [2.24, 2.45) is 16.3 Å². The quantitative estimate of drug-likeness (QED) is 0.438. The Labute approximate surface area is 154 Å². The SMILES string of the molecule is CCNC(=NCc1ccco1)NC1C2CCOC2C12CCC2.I. The lowest BCUT2D eigenvalue weighted by atomic mass is 9.46. The molecule has 0 radical (unpaired) electrons. The van der Waals surface area contributed by atoms with Crippen molar-refractivity contribution < 1.29 is 9.15 Å². The van der Waals surface area contributed by atoms with E-state index in [9.17, 15) is 0 Å². The maximum Gasteiger partial charge on any atom is 0.191 e. The van der Waals surface area contributed by atoms with Gasteiger partial charge in [0.15, 0.2) is 5.96 Å². The van der Waals surface area contributed by atoms with Gasteiger partial charge in [0.05, 0.1) is 12.4 Å². The average Bonchev–Trinajstić information content (AvgIpc) is 3.10. The molecule has 3 fully saturated rings. The van der Waals surface area contributed by atoms with Crippen LogP contribution in [0.25, 0.3) is 0 Å². The van der Waals surface area contributed by atoms with Crippen LogP contribution < -0.4 is 10.6 Å². The molecule has 128 valence electrons. The zero-order valence-corrected chi connectivity index (χ0v) is 15.9. The van der Waals surface area contributed by atoms with Gasteiger partial charge in [0, 0.05) is 30.5 Å². The van der Waals surface area contributed by atoms with E-state index in [1.165, 1.54) is 25.7 Å². The van der Waals surface area contributed by atoms with Crippen LogP contribution in [0.2, 0.25) is 0 Å². The van der Waals surface area contributed by atoms with Crippen molar-refractivity contribution in [3.8, 4) is 0 Å². The van der Waals surface area contributed by atoms with Gasteiger partial charge in [-0.1, -0.05) is 6.42 Å². The fraction of sp³-hybridized carbons (Fsp3) is 0.706. The second-order valence-electron chi connectivity index (χ2n) is 6.73. The summed E-state index contributed by atoms with van der Waals surface area (Å²) in [5.41, 5.74) is 0.377. The van der Waals surface area contributed by atoms with Crippen molar-refractivity contribution >= 4 is 29.9 Å². The summed E-state index contributed by atoms with van der Waals surface area (Å²) >= 11 is 0. The summed E-state index contributed by atoms with van der Waals surface area (Å²) in [4.78, 5) is 4.68. The van der Waals surface area contributed by atoms with Crippen LogP contribution in [0.5, 0.6) is 0 Å². The number of nitrogens with one attached hydrogen (secondary N) is 2. The van der Waals surface area contributed by atoms with Gasteiger partial charge >= 0.3 is 0 Å². The highest BCUT2D eigenvalue weighted by Gasteiger charge is 2.66. The highest BCUT2D eigenvalue weighted by Crippen LogP contribution is 2.62. The molecule has 2 heterocycles. The van der Waals surface area contributed by atoms with Crippen LogP contribution in [0.4, 0.5) is 0 Å². The minimum atomic E-state index is 0. The summed E-state index contributed by atoms with van der Waals surface area (Å²) in [5.74, 6) is 2.46. The van der Waals surface area contributed by atoms with E-state index in [1.807, 2.05) is 12.1 Å². The number of aliphatic imine (C=N–C) groups is 1. The Morgan fingerprint density at radius 2 is 2.30 bits per heavy atom. The number of nitrogens with zero attached hydrogens (tertiary/aromatic N) is 1. The third-order valence-electron chi connectivity index (χ3n) is 5.65.